The van der Waals surface area contributed by atoms with Crippen LogP contribution < -0.4 is 21.3 Å². The number of aromatic nitrogens is 2. The van der Waals surface area contributed by atoms with Crippen molar-refractivity contribution < 1.29 is 9.47 Å². The van der Waals surface area contributed by atoms with Crippen LogP contribution in [-0.4, -0.2) is 35.8 Å². The molecule has 1 aromatic heterocycles. The van der Waals surface area contributed by atoms with Crippen LogP contribution in [0.5, 0.6) is 5.75 Å². The second-order valence-electron chi connectivity index (χ2n) is 4.55. The van der Waals surface area contributed by atoms with Gasteiger partial charge in [-0.15, -0.1) is 0 Å². The van der Waals surface area contributed by atoms with E-state index in [0.29, 0.717) is 17.4 Å². The van der Waals surface area contributed by atoms with E-state index in [2.05, 4.69) is 27.6 Å². The zero-order chi connectivity index (χ0) is 13.0. The molecule has 7 heteroatoms. The monoisotopic (exact) mass is 253 g/mol. The van der Waals surface area contributed by atoms with Crippen molar-refractivity contribution in [1.82, 2.24) is 9.97 Å². The third kappa shape index (κ3) is 2.62. The summed E-state index contributed by atoms with van der Waals surface area (Å²) >= 11 is 0. The summed E-state index contributed by atoms with van der Waals surface area (Å²) in [5, 5.41) is 3.40. The van der Waals surface area contributed by atoms with E-state index in [1.165, 1.54) is 6.33 Å². The van der Waals surface area contributed by atoms with Crippen LogP contribution in [0.4, 0.5) is 11.6 Å². The van der Waals surface area contributed by atoms with E-state index in [0.717, 1.165) is 26.1 Å². The molecular weight excluding hydrogens is 234 g/mol. The van der Waals surface area contributed by atoms with E-state index in [1.54, 1.807) is 7.11 Å². The fraction of sp³-hybridized carbons (Fsp3) is 0.636. The first-order valence-corrected chi connectivity index (χ1v) is 5.90. The van der Waals surface area contributed by atoms with Crippen molar-refractivity contribution in [3.63, 3.8) is 0 Å². The second kappa shape index (κ2) is 5.36. The minimum atomic E-state index is -0.0498. The van der Waals surface area contributed by atoms with Gasteiger partial charge in [0.1, 0.15) is 6.33 Å². The summed E-state index contributed by atoms with van der Waals surface area (Å²) in [5.41, 5.74) is 2.45. The number of hydrogen-bond donors (Lipinski definition) is 3. The third-order valence-corrected chi connectivity index (χ3v) is 3.16. The van der Waals surface area contributed by atoms with Gasteiger partial charge in [0.2, 0.25) is 5.75 Å². The van der Waals surface area contributed by atoms with Gasteiger partial charge in [-0.25, -0.2) is 15.8 Å². The zero-order valence-corrected chi connectivity index (χ0v) is 10.7. The first-order valence-electron chi connectivity index (χ1n) is 5.90. The lowest BCUT2D eigenvalue weighted by molar-refractivity contribution is 0.0656. The predicted octanol–water partition coefficient (Wildman–Crippen LogP) is 0.752. The van der Waals surface area contributed by atoms with Crippen molar-refractivity contribution in [2.75, 3.05) is 31.1 Å². The van der Waals surface area contributed by atoms with Crippen molar-refractivity contribution >= 4 is 11.6 Å². The maximum atomic E-state index is 5.39. The van der Waals surface area contributed by atoms with Gasteiger partial charge in [0.05, 0.1) is 7.11 Å². The predicted molar refractivity (Wildman–Crippen MR) is 68.5 cm³/mol. The molecule has 0 aliphatic carbocycles. The summed E-state index contributed by atoms with van der Waals surface area (Å²) in [5.74, 6) is 7.02. The van der Waals surface area contributed by atoms with Gasteiger partial charge in [0, 0.05) is 18.8 Å². The van der Waals surface area contributed by atoms with Gasteiger partial charge >= 0.3 is 0 Å². The van der Waals surface area contributed by atoms with Crippen molar-refractivity contribution in [3.8, 4) is 5.75 Å². The van der Waals surface area contributed by atoms with Crippen molar-refractivity contribution in [1.29, 1.82) is 0 Å². The average molecular weight is 253 g/mol. The fourth-order valence-electron chi connectivity index (χ4n) is 1.99. The maximum absolute atomic E-state index is 5.39. The highest BCUT2D eigenvalue weighted by Gasteiger charge is 2.29. The van der Waals surface area contributed by atoms with E-state index in [4.69, 9.17) is 15.3 Å². The lowest BCUT2D eigenvalue weighted by atomic mass is 9.92. The smallest absolute Gasteiger partial charge is 0.205 e. The molecule has 1 saturated heterocycles. The van der Waals surface area contributed by atoms with Gasteiger partial charge in [-0.2, -0.15) is 0 Å². The number of hydrazine groups is 1. The number of nitrogens with one attached hydrogen (secondary N) is 2. The van der Waals surface area contributed by atoms with E-state index in [-0.39, 0.29) is 5.54 Å². The number of anilines is 2. The highest BCUT2D eigenvalue weighted by atomic mass is 16.5. The highest BCUT2D eigenvalue weighted by molar-refractivity contribution is 5.63. The zero-order valence-electron chi connectivity index (χ0n) is 10.7. The average Bonchev–Trinajstić information content (AvgIpc) is 2.38. The van der Waals surface area contributed by atoms with Gasteiger partial charge in [-0.1, -0.05) is 0 Å². The Bertz CT molecular complexity index is 406. The summed E-state index contributed by atoms with van der Waals surface area (Å²) in [6.45, 7) is 3.64. The number of rotatable bonds is 4. The second-order valence-corrected chi connectivity index (χ2v) is 4.55. The van der Waals surface area contributed by atoms with Crippen LogP contribution in [-0.2, 0) is 4.74 Å². The molecule has 0 aromatic carbocycles. The van der Waals surface area contributed by atoms with Crippen LogP contribution in [0.15, 0.2) is 6.33 Å². The van der Waals surface area contributed by atoms with Crippen LogP contribution in [0, 0.1) is 0 Å². The highest BCUT2D eigenvalue weighted by Crippen LogP contribution is 2.33. The Labute approximate surface area is 106 Å². The minimum Gasteiger partial charge on any atom is -0.490 e. The molecule has 0 bridgehead atoms. The molecule has 0 saturated carbocycles. The van der Waals surface area contributed by atoms with Crippen molar-refractivity contribution in [3.05, 3.63) is 6.33 Å². The molecule has 0 spiro atoms. The summed E-state index contributed by atoms with van der Waals surface area (Å²) in [4.78, 5) is 8.22. The van der Waals surface area contributed by atoms with Crippen LogP contribution >= 0.6 is 0 Å². The molecule has 0 amide bonds. The molecule has 0 unspecified atom stereocenters. The molecule has 2 heterocycles. The molecule has 7 nitrogen and oxygen atoms in total. The Balaban J connectivity index is 2.22. The molecule has 0 atom stereocenters. The normalized spacial score (nSPS) is 18.2. The molecule has 2 rings (SSSR count). The van der Waals surface area contributed by atoms with Crippen molar-refractivity contribution in [2.45, 2.75) is 25.3 Å². The molecule has 4 N–H and O–H groups in total. The number of nitrogens with zero attached hydrogens (tertiary/aromatic N) is 2. The van der Waals surface area contributed by atoms with E-state index < -0.39 is 0 Å². The molecule has 1 aliphatic rings. The number of ether oxygens (including phenoxy) is 2. The molecule has 0 radical (unpaired) electrons. The Morgan fingerprint density at radius 2 is 2.00 bits per heavy atom. The van der Waals surface area contributed by atoms with Crippen LogP contribution in [0.25, 0.3) is 0 Å². The van der Waals surface area contributed by atoms with Crippen LogP contribution in [0.2, 0.25) is 0 Å². The van der Waals surface area contributed by atoms with Crippen LogP contribution in [0.1, 0.15) is 19.8 Å². The Morgan fingerprint density at radius 1 is 1.33 bits per heavy atom. The molecular formula is C11H19N5O2. The van der Waals surface area contributed by atoms with Gasteiger partial charge in [0.25, 0.3) is 0 Å². The molecule has 18 heavy (non-hydrogen) atoms. The largest absolute Gasteiger partial charge is 0.490 e. The van der Waals surface area contributed by atoms with E-state index in [9.17, 15) is 0 Å². The SMILES string of the molecule is COc1c(NN)ncnc1NC1(C)CCOCC1. The summed E-state index contributed by atoms with van der Waals surface area (Å²) in [6.07, 6.45) is 3.29. The topological polar surface area (TPSA) is 94.3 Å². The number of nitrogen functional groups attached to an aromatic ring is 1. The Kier molecular flexibility index (Phi) is 3.83. The van der Waals surface area contributed by atoms with Gasteiger partial charge in [-0.05, 0) is 19.8 Å². The first kappa shape index (κ1) is 12.8. The van der Waals surface area contributed by atoms with Crippen molar-refractivity contribution in [2.24, 2.45) is 5.84 Å². The number of hydrogen-bond acceptors (Lipinski definition) is 7. The molecule has 1 aromatic rings. The van der Waals surface area contributed by atoms with E-state index >= 15 is 0 Å². The van der Waals surface area contributed by atoms with E-state index in [1.807, 2.05) is 0 Å². The van der Waals surface area contributed by atoms with Crippen LogP contribution in [0.3, 0.4) is 0 Å². The Morgan fingerprint density at radius 3 is 2.61 bits per heavy atom. The quantitative estimate of drug-likeness (QED) is 0.538. The summed E-state index contributed by atoms with van der Waals surface area (Å²) in [7, 11) is 1.57. The summed E-state index contributed by atoms with van der Waals surface area (Å²) < 4.78 is 10.7. The first-order chi connectivity index (χ1) is 8.68. The molecule has 100 valence electrons. The Hall–Kier alpha value is -1.60. The minimum absolute atomic E-state index is 0.0498. The number of methoxy groups -OCH3 is 1. The third-order valence-electron chi connectivity index (χ3n) is 3.16. The summed E-state index contributed by atoms with van der Waals surface area (Å²) in [6, 6.07) is 0. The van der Waals surface area contributed by atoms with Gasteiger partial charge in [-0.3, -0.25) is 0 Å². The lowest BCUT2D eigenvalue weighted by Crippen LogP contribution is -2.41. The molecule has 1 aliphatic heterocycles. The fourth-order valence-corrected chi connectivity index (χ4v) is 1.99. The number of nitrogens with two attached hydrogens (primary N) is 1. The lowest BCUT2D eigenvalue weighted by Gasteiger charge is -2.35. The molecule has 1 fully saturated rings. The maximum Gasteiger partial charge on any atom is 0.205 e. The van der Waals surface area contributed by atoms with Gasteiger partial charge < -0.3 is 20.2 Å². The standard InChI is InChI=1S/C11H19N5O2/c1-11(3-5-18-6-4-11)15-9-8(17-2)10(16-12)14-7-13-9/h7H,3-6,12H2,1-2H3,(H2,13,14,15,16). The van der Waals surface area contributed by atoms with Gasteiger partial charge in [0.15, 0.2) is 11.6 Å².